The van der Waals surface area contributed by atoms with Gasteiger partial charge in [0.2, 0.25) is 10.0 Å². The fourth-order valence-electron chi connectivity index (χ4n) is 1.75. The molecule has 0 bridgehead atoms. The van der Waals surface area contributed by atoms with Crippen LogP contribution in [0.3, 0.4) is 0 Å². The first-order valence-electron chi connectivity index (χ1n) is 7.65. The zero-order valence-corrected chi connectivity index (χ0v) is 17.0. The van der Waals surface area contributed by atoms with Crippen molar-refractivity contribution in [2.24, 2.45) is 11.7 Å². The lowest BCUT2D eigenvalue weighted by atomic mass is 10.2. The van der Waals surface area contributed by atoms with Crippen molar-refractivity contribution in [1.82, 2.24) is 10.0 Å². The second kappa shape index (κ2) is 9.36. The van der Waals surface area contributed by atoms with Gasteiger partial charge in [-0.25, -0.2) is 22.7 Å². The van der Waals surface area contributed by atoms with Gasteiger partial charge in [0.1, 0.15) is 4.90 Å². The molecule has 1 aromatic carbocycles. The molecule has 1 aromatic rings. The van der Waals surface area contributed by atoms with Crippen LogP contribution in [0.15, 0.2) is 17.0 Å². The molecule has 0 fully saturated rings. The van der Waals surface area contributed by atoms with Crippen LogP contribution < -0.4 is 15.8 Å². The first kappa shape index (κ1) is 23.2. The Morgan fingerprint density at radius 2 is 1.74 bits per heavy atom. The summed E-state index contributed by atoms with van der Waals surface area (Å²) in [5.74, 6) is -1.99. The Morgan fingerprint density at radius 1 is 1.15 bits per heavy atom. The van der Waals surface area contributed by atoms with Crippen molar-refractivity contribution in [3.63, 3.8) is 0 Å². The van der Waals surface area contributed by atoms with E-state index in [1.54, 1.807) is 5.32 Å². The van der Waals surface area contributed by atoms with Gasteiger partial charge in [0, 0.05) is 6.54 Å². The van der Waals surface area contributed by atoms with E-state index in [1.165, 1.54) is 6.92 Å². The molecule has 9 nitrogen and oxygen atoms in total. The van der Waals surface area contributed by atoms with Crippen LogP contribution in [0, 0.1) is 5.92 Å². The summed E-state index contributed by atoms with van der Waals surface area (Å²) in [4.78, 5) is 34.1. The number of rotatable bonds is 7. The third kappa shape index (κ3) is 6.65. The van der Waals surface area contributed by atoms with Gasteiger partial charge in [-0.3, -0.25) is 10.1 Å². The van der Waals surface area contributed by atoms with Crippen LogP contribution in [0.2, 0.25) is 10.0 Å². The standard InChI is InChI=1S/C15H19Cl2N3O6S/c1-7(2)6-19-27(24,25)12-4-9(10(16)5-11(12)17)14(22)26-8(3)13(21)20-15(18)23/h4-5,7-8,19H,6H2,1-3H3,(H3,18,20,21,23)/t8-/m1/s1. The third-order valence-corrected chi connectivity index (χ3v) is 5.31. The molecule has 150 valence electrons. The molecule has 0 aliphatic heterocycles. The lowest BCUT2D eigenvalue weighted by molar-refractivity contribution is -0.127. The minimum Gasteiger partial charge on any atom is -0.449 e. The van der Waals surface area contributed by atoms with Gasteiger partial charge in [0.05, 0.1) is 15.6 Å². The number of carbonyl (C=O) groups is 3. The number of primary amides is 1. The van der Waals surface area contributed by atoms with E-state index >= 15 is 0 Å². The van der Waals surface area contributed by atoms with Crippen LogP contribution in [0.4, 0.5) is 4.79 Å². The van der Waals surface area contributed by atoms with Gasteiger partial charge in [-0.1, -0.05) is 37.0 Å². The molecular formula is C15H19Cl2N3O6S. The first-order chi connectivity index (χ1) is 12.3. The minimum absolute atomic E-state index is 0.0416. The number of halogens is 2. The predicted molar refractivity (Wildman–Crippen MR) is 99.1 cm³/mol. The SMILES string of the molecule is CC(C)CNS(=O)(=O)c1cc(C(=O)O[C@H](C)C(=O)NC(N)=O)c(Cl)cc1Cl. The number of benzene rings is 1. The second-order valence-corrected chi connectivity index (χ2v) is 8.46. The Balaban J connectivity index is 3.13. The zero-order valence-electron chi connectivity index (χ0n) is 14.7. The van der Waals surface area contributed by atoms with E-state index in [-0.39, 0.29) is 33.0 Å². The van der Waals surface area contributed by atoms with Crippen LogP contribution in [-0.4, -0.2) is 39.0 Å². The van der Waals surface area contributed by atoms with E-state index in [2.05, 4.69) is 4.72 Å². The van der Waals surface area contributed by atoms with Crippen molar-refractivity contribution in [1.29, 1.82) is 0 Å². The number of nitrogens with two attached hydrogens (primary N) is 1. The second-order valence-electron chi connectivity index (χ2n) is 5.91. The number of imide groups is 1. The fourth-order valence-corrected chi connectivity index (χ4v) is 3.81. The number of hydrogen-bond acceptors (Lipinski definition) is 6. The highest BCUT2D eigenvalue weighted by Gasteiger charge is 2.26. The minimum atomic E-state index is -4.01. The highest BCUT2D eigenvalue weighted by molar-refractivity contribution is 7.89. The number of carbonyl (C=O) groups excluding carboxylic acids is 3. The van der Waals surface area contributed by atoms with Crippen LogP contribution >= 0.6 is 23.2 Å². The van der Waals surface area contributed by atoms with Gasteiger partial charge in [-0.05, 0) is 25.0 Å². The largest absolute Gasteiger partial charge is 0.449 e. The molecular weight excluding hydrogens is 421 g/mol. The van der Waals surface area contributed by atoms with Crippen molar-refractivity contribution < 1.29 is 27.5 Å². The molecule has 4 N–H and O–H groups in total. The quantitative estimate of drug-likeness (QED) is 0.550. The summed E-state index contributed by atoms with van der Waals surface area (Å²) in [6, 6.07) is 0.920. The number of ether oxygens (including phenoxy) is 1. The maximum absolute atomic E-state index is 12.4. The molecule has 1 rings (SSSR count). The van der Waals surface area contributed by atoms with Crippen molar-refractivity contribution in [2.45, 2.75) is 31.8 Å². The number of amides is 3. The molecule has 0 aliphatic carbocycles. The fraction of sp³-hybridized carbons (Fsp3) is 0.400. The van der Waals surface area contributed by atoms with Crippen LogP contribution in [0.1, 0.15) is 31.1 Å². The lowest BCUT2D eigenvalue weighted by Crippen LogP contribution is -2.42. The molecule has 0 unspecified atom stereocenters. The van der Waals surface area contributed by atoms with E-state index < -0.39 is 34.0 Å². The summed E-state index contributed by atoms with van der Waals surface area (Å²) in [6.07, 6.45) is -1.38. The monoisotopic (exact) mass is 439 g/mol. The Bertz CT molecular complexity index is 857. The highest BCUT2D eigenvalue weighted by atomic mass is 35.5. The lowest BCUT2D eigenvalue weighted by Gasteiger charge is -2.15. The molecule has 0 saturated heterocycles. The molecule has 0 radical (unpaired) electrons. The van der Waals surface area contributed by atoms with Gasteiger partial charge in [0.15, 0.2) is 6.10 Å². The highest BCUT2D eigenvalue weighted by Crippen LogP contribution is 2.29. The van der Waals surface area contributed by atoms with E-state index in [9.17, 15) is 22.8 Å². The first-order valence-corrected chi connectivity index (χ1v) is 9.89. The van der Waals surface area contributed by atoms with Gasteiger partial charge in [-0.2, -0.15) is 0 Å². The average Bonchev–Trinajstić information content (AvgIpc) is 2.51. The molecule has 3 amide bonds. The summed E-state index contributed by atoms with van der Waals surface area (Å²) >= 11 is 11.9. The molecule has 12 heteroatoms. The van der Waals surface area contributed by atoms with Crippen LogP contribution in [0.25, 0.3) is 0 Å². The normalized spacial score (nSPS) is 12.5. The summed E-state index contributed by atoms with van der Waals surface area (Å²) in [6.45, 7) is 4.98. The Hall–Kier alpha value is -1.88. The van der Waals surface area contributed by atoms with E-state index in [0.29, 0.717) is 0 Å². The Labute approximate surface area is 166 Å². The number of esters is 1. The Morgan fingerprint density at radius 3 is 2.26 bits per heavy atom. The summed E-state index contributed by atoms with van der Waals surface area (Å²) in [5, 5.41) is 1.39. The van der Waals surface area contributed by atoms with Gasteiger partial charge >= 0.3 is 12.0 Å². The van der Waals surface area contributed by atoms with E-state index in [4.69, 9.17) is 33.7 Å². The van der Waals surface area contributed by atoms with E-state index in [0.717, 1.165) is 12.1 Å². The van der Waals surface area contributed by atoms with Crippen LogP contribution in [-0.2, 0) is 19.6 Å². The predicted octanol–water partition coefficient (Wildman–Crippen LogP) is 1.67. The summed E-state index contributed by atoms with van der Waals surface area (Å²) in [7, 11) is -4.01. The van der Waals surface area contributed by atoms with E-state index in [1.807, 2.05) is 13.8 Å². The van der Waals surface area contributed by atoms with Crippen molar-refractivity contribution in [2.75, 3.05) is 6.54 Å². The van der Waals surface area contributed by atoms with Crippen molar-refractivity contribution in [3.8, 4) is 0 Å². The molecule has 0 spiro atoms. The van der Waals surface area contributed by atoms with Gasteiger partial charge in [0.25, 0.3) is 5.91 Å². The maximum Gasteiger partial charge on any atom is 0.340 e. The van der Waals surface area contributed by atoms with Crippen LogP contribution in [0.5, 0.6) is 0 Å². The molecule has 27 heavy (non-hydrogen) atoms. The van der Waals surface area contributed by atoms with Gasteiger partial charge < -0.3 is 10.5 Å². The molecule has 0 aliphatic rings. The number of hydrogen-bond donors (Lipinski definition) is 3. The summed E-state index contributed by atoms with van der Waals surface area (Å²) < 4.78 is 32.0. The molecule has 1 atom stereocenters. The number of sulfonamides is 1. The number of urea groups is 1. The van der Waals surface area contributed by atoms with Crippen molar-refractivity contribution >= 4 is 51.1 Å². The zero-order chi connectivity index (χ0) is 20.9. The molecule has 0 saturated carbocycles. The third-order valence-electron chi connectivity index (χ3n) is 3.11. The topological polar surface area (TPSA) is 145 Å². The van der Waals surface area contributed by atoms with Crippen molar-refractivity contribution in [3.05, 3.63) is 27.7 Å². The molecule has 0 aromatic heterocycles. The smallest absolute Gasteiger partial charge is 0.340 e. The Kier molecular flexibility index (Phi) is 8.03. The summed E-state index contributed by atoms with van der Waals surface area (Å²) in [5.41, 5.74) is 4.50. The average molecular weight is 440 g/mol. The molecule has 0 heterocycles. The maximum atomic E-state index is 12.4. The number of nitrogens with one attached hydrogen (secondary N) is 2. The van der Waals surface area contributed by atoms with Gasteiger partial charge in [-0.15, -0.1) is 0 Å².